The number of pyridine rings is 1. The van der Waals surface area contributed by atoms with Crippen LogP contribution in [0.3, 0.4) is 0 Å². The molecule has 1 saturated heterocycles. The fourth-order valence-electron chi connectivity index (χ4n) is 2.27. The van der Waals surface area contributed by atoms with Crippen molar-refractivity contribution in [3.8, 4) is 11.4 Å². The first-order valence-corrected chi connectivity index (χ1v) is 6.69. The van der Waals surface area contributed by atoms with Crippen molar-refractivity contribution < 1.29 is 4.39 Å². The van der Waals surface area contributed by atoms with Gasteiger partial charge in [-0.25, -0.2) is 9.97 Å². The van der Waals surface area contributed by atoms with Gasteiger partial charge < -0.3 is 9.88 Å². The van der Waals surface area contributed by atoms with Crippen LogP contribution in [0.25, 0.3) is 11.4 Å². The Labute approximate surface area is 119 Å². The van der Waals surface area contributed by atoms with E-state index in [1.54, 1.807) is 6.07 Å². The molecule has 0 atom stereocenters. The number of aromatic amines is 1. The van der Waals surface area contributed by atoms with Crippen molar-refractivity contribution in [3.05, 3.63) is 39.7 Å². The standard InChI is InChI=1S/C13H12ClFN4O/c14-10-12(19-5-1-2-6-19)17-11(18-13(10)20)8-3-4-16-9(15)7-8/h3-4,7H,1-2,5-6H2,(H,17,18,20). The molecular formula is C13H12ClFN4O. The van der Waals surface area contributed by atoms with Crippen LogP contribution in [0.1, 0.15) is 12.8 Å². The van der Waals surface area contributed by atoms with Crippen molar-refractivity contribution in [2.75, 3.05) is 18.0 Å². The molecule has 3 rings (SSSR count). The van der Waals surface area contributed by atoms with Gasteiger partial charge in [0.25, 0.3) is 5.56 Å². The van der Waals surface area contributed by atoms with Gasteiger partial charge in [-0.05, 0) is 18.9 Å². The van der Waals surface area contributed by atoms with Crippen molar-refractivity contribution in [2.24, 2.45) is 0 Å². The molecule has 1 N–H and O–H groups in total. The molecule has 0 aromatic carbocycles. The van der Waals surface area contributed by atoms with E-state index in [0.29, 0.717) is 17.2 Å². The number of rotatable bonds is 2. The number of hydrogen-bond donors (Lipinski definition) is 1. The van der Waals surface area contributed by atoms with Crippen molar-refractivity contribution in [3.63, 3.8) is 0 Å². The zero-order valence-corrected chi connectivity index (χ0v) is 11.3. The largest absolute Gasteiger partial charge is 0.355 e. The molecule has 0 amide bonds. The van der Waals surface area contributed by atoms with Gasteiger partial charge in [0.05, 0.1) is 0 Å². The summed E-state index contributed by atoms with van der Waals surface area (Å²) >= 11 is 6.03. The first kappa shape index (κ1) is 13.1. The molecule has 0 radical (unpaired) electrons. The van der Waals surface area contributed by atoms with Crippen LogP contribution in [-0.2, 0) is 0 Å². The van der Waals surface area contributed by atoms with Crippen LogP contribution >= 0.6 is 11.6 Å². The molecule has 1 fully saturated rings. The average Bonchev–Trinajstić information content (AvgIpc) is 2.95. The van der Waals surface area contributed by atoms with Crippen LogP contribution in [0.15, 0.2) is 23.1 Å². The Morgan fingerprint density at radius 3 is 2.80 bits per heavy atom. The molecule has 0 spiro atoms. The van der Waals surface area contributed by atoms with Crippen LogP contribution < -0.4 is 10.5 Å². The molecular weight excluding hydrogens is 283 g/mol. The summed E-state index contributed by atoms with van der Waals surface area (Å²) in [6.07, 6.45) is 3.42. The zero-order chi connectivity index (χ0) is 14.1. The molecule has 5 nitrogen and oxygen atoms in total. The topological polar surface area (TPSA) is 61.9 Å². The molecule has 20 heavy (non-hydrogen) atoms. The molecule has 0 saturated carbocycles. The maximum atomic E-state index is 13.2. The number of hydrogen-bond acceptors (Lipinski definition) is 4. The minimum atomic E-state index is -0.622. The summed E-state index contributed by atoms with van der Waals surface area (Å²) in [5.74, 6) is 0.130. The third-order valence-corrected chi connectivity index (χ3v) is 3.59. The number of nitrogens with zero attached hydrogens (tertiary/aromatic N) is 3. The molecule has 104 valence electrons. The van der Waals surface area contributed by atoms with Gasteiger partial charge in [-0.1, -0.05) is 11.6 Å². The van der Waals surface area contributed by atoms with Crippen molar-refractivity contribution in [1.82, 2.24) is 15.0 Å². The predicted molar refractivity (Wildman–Crippen MR) is 74.5 cm³/mol. The van der Waals surface area contributed by atoms with E-state index in [1.807, 2.05) is 4.90 Å². The summed E-state index contributed by atoms with van der Waals surface area (Å²) in [5.41, 5.74) is 0.0440. The normalized spacial score (nSPS) is 14.8. The molecule has 0 bridgehead atoms. The van der Waals surface area contributed by atoms with Gasteiger partial charge in [0.1, 0.15) is 10.8 Å². The van der Waals surface area contributed by atoms with Gasteiger partial charge in [-0.3, -0.25) is 4.79 Å². The molecule has 0 aliphatic carbocycles. The second-order valence-corrected chi connectivity index (χ2v) is 4.99. The van der Waals surface area contributed by atoms with E-state index >= 15 is 0 Å². The summed E-state index contributed by atoms with van der Waals surface area (Å²) in [7, 11) is 0. The molecule has 2 aromatic heterocycles. The minimum absolute atomic E-state index is 0.0742. The number of anilines is 1. The lowest BCUT2D eigenvalue weighted by atomic mass is 10.2. The summed E-state index contributed by atoms with van der Waals surface area (Å²) in [5, 5.41) is 0.0742. The first-order valence-electron chi connectivity index (χ1n) is 6.32. The lowest BCUT2D eigenvalue weighted by molar-refractivity contribution is 0.584. The minimum Gasteiger partial charge on any atom is -0.355 e. The van der Waals surface area contributed by atoms with E-state index in [4.69, 9.17) is 11.6 Å². The maximum absolute atomic E-state index is 13.2. The van der Waals surface area contributed by atoms with E-state index < -0.39 is 11.5 Å². The Morgan fingerprint density at radius 2 is 2.10 bits per heavy atom. The number of H-pyrrole nitrogens is 1. The number of aromatic nitrogens is 3. The highest BCUT2D eigenvalue weighted by Gasteiger charge is 2.20. The lowest BCUT2D eigenvalue weighted by Gasteiger charge is -2.18. The number of halogens is 2. The average molecular weight is 295 g/mol. The quantitative estimate of drug-likeness (QED) is 0.863. The van der Waals surface area contributed by atoms with Gasteiger partial charge >= 0.3 is 0 Å². The Hall–Kier alpha value is -1.95. The highest BCUT2D eigenvalue weighted by atomic mass is 35.5. The van der Waals surface area contributed by atoms with Gasteiger partial charge in [-0.15, -0.1) is 0 Å². The zero-order valence-electron chi connectivity index (χ0n) is 10.6. The van der Waals surface area contributed by atoms with Gasteiger partial charge in [0, 0.05) is 30.9 Å². The van der Waals surface area contributed by atoms with E-state index in [9.17, 15) is 9.18 Å². The third-order valence-electron chi connectivity index (χ3n) is 3.25. The van der Waals surface area contributed by atoms with E-state index in [2.05, 4.69) is 15.0 Å². The second kappa shape index (κ2) is 5.20. The van der Waals surface area contributed by atoms with Gasteiger partial charge in [-0.2, -0.15) is 4.39 Å². The van der Waals surface area contributed by atoms with Crippen LogP contribution in [0.5, 0.6) is 0 Å². The van der Waals surface area contributed by atoms with E-state index in [0.717, 1.165) is 25.9 Å². The SMILES string of the molecule is O=c1[nH]c(-c2ccnc(F)c2)nc(N2CCCC2)c1Cl. The summed E-state index contributed by atoms with van der Waals surface area (Å²) in [4.78, 5) is 24.3. The van der Waals surface area contributed by atoms with Crippen molar-refractivity contribution in [1.29, 1.82) is 0 Å². The fraction of sp³-hybridized carbons (Fsp3) is 0.308. The molecule has 1 aliphatic heterocycles. The van der Waals surface area contributed by atoms with Crippen LogP contribution in [-0.4, -0.2) is 28.0 Å². The lowest BCUT2D eigenvalue weighted by Crippen LogP contribution is -2.23. The third kappa shape index (κ3) is 2.38. The summed E-state index contributed by atoms with van der Waals surface area (Å²) in [6.45, 7) is 1.64. The van der Waals surface area contributed by atoms with Crippen LogP contribution in [0, 0.1) is 5.95 Å². The van der Waals surface area contributed by atoms with E-state index in [-0.39, 0.29) is 5.02 Å². The van der Waals surface area contributed by atoms with Crippen LogP contribution in [0.4, 0.5) is 10.2 Å². The Balaban J connectivity index is 2.11. The van der Waals surface area contributed by atoms with Crippen molar-refractivity contribution in [2.45, 2.75) is 12.8 Å². The highest BCUT2D eigenvalue weighted by Crippen LogP contribution is 2.26. The maximum Gasteiger partial charge on any atom is 0.272 e. The molecule has 2 aromatic rings. The van der Waals surface area contributed by atoms with Crippen molar-refractivity contribution >= 4 is 17.4 Å². The number of nitrogens with one attached hydrogen (secondary N) is 1. The van der Waals surface area contributed by atoms with E-state index in [1.165, 1.54) is 12.3 Å². The monoisotopic (exact) mass is 294 g/mol. The molecule has 7 heteroatoms. The highest BCUT2D eigenvalue weighted by molar-refractivity contribution is 6.32. The Kier molecular flexibility index (Phi) is 3.40. The van der Waals surface area contributed by atoms with Crippen LogP contribution in [0.2, 0.25) is 5.02 Å². The molecule has 3 heterocycles. The first-order chi connectivity index (χ1) is 9.65. The van der Waals surface area contributed by atoms with Gasteiger partial charge in [0.2, 0.25) is 5.95 Å². The fourth-order valence-corrected chi connectivity index (χ4v) is 2.48. The smallest absolute Gasteiger partial charge is 0.272 e. The molecule has 0 unspecified atom stereocenters. The second-order valence-electron chi connectivity index (χ2n) is 4.61. The molecule has 1 aliphatic rings. The predicted octanol–water partition coefficient (Wildman–Crippen LogP) is 2.22. The summed E-state index contributed by atoms with van der Waals surface area (Å²) in [6, 6.07) is 2.81. The summed E-state index contributed by atoms with van der Waals surface area (Å²) < 4.78 is 13.2. The Morgan fingerprint density at radius 1 is 1.35 bits per heavy atom. The Bertz CT molecular complexity index is 697. The van der Waals surface area contributed by atoms with Gasteiger partial charge in [0.15, 0.2) is 5.82 Å².